The van der Waals surface area contributed by atoms with Crippen LogP contribution in [0.5, 0.6) is 0 Å². The maximum absolute atomic E-state index is 5.14. The Morgan fingerprint density at radius 1 is 1.17 bits per heavy atom. The number of pyridine rings is 1. The Hall–Kier alpha value is -0.650. The molecule has 0 radical (unpaired) electrons. The van der Waals surface area contributed by atoms with Crippen molar-refractivity contribution in [2.45, 2.75) is 11.8 Å². The van der Waals surface area contributed by atoms with E-state index in [2.05, 4.69) is 37.9 Å². The number of nitrogens with zero attached hydrogens (tertiary/aromatic N) is 2. The first kappa shape index (κ1) is 15.4. The molecule has 0 aliphatic rings. The zero-order valence-electron chi connectivity index (χ0n) is 11.1. The van der Waals surface area contributed by atoms with Crippen molar-refractivity contribution in [2.75, 3.05) is 45.4 Å². The third-order valence-corrected chi connectivity index (χ3v) is 3.28. The maximum atomic E-state index is 5.14. The van der Waals surface area contributed by atoms with E-state index in [-0.39, 0.29) is 0 Å². The summed E-state index contributed by atoms with van der Waals surface area (Å²) in [6.45, 7) is 3.25. The van der Waals surface area contributed by atoms with E-state index in [1.54, 1.807) is 14.2 Å². The molecule has 1 aromatic heterocycles. The fourth-order valence-electron chi connectivity index (χ4n) is 1.62. The average molecular weight is 317 g/mol. The number of anilines is 1. The summed E-state index contributed by atoms with van der Waals surface area (Å²) in [6.07, 6.45) is 2.89. The highest BCUT2D eigenvalue weighted by Crippen LogP contribution is 2.13. The van der Waals surface area contributed by atoms with Gasteiger partial charge in [0.2, 0.25) is 0 Å². The van der Waals surface area contributed by atoms with Crippen molar-refractivity contribution in [2.24, 2.45) is 0 Å². The fourth-order valence-corrected chi connectivity index (χ4v) is 1.96. The molecule has 1 aromatic rings. The molecule has 0 saturated heterocycles. The lowest BCUT2D eigenvalue weighted by Gasteiger charge is -2.23. The van der Waals surface area contributed by atoms with Crippen molar-refractivity contribution in [3.8, 4) is 0 Å². The number of aromatic nitrogens is 1. The summed E-state index contributed by atoms with van der Waals surface area (Å²) in [5.74, 6) is 0.993. The summed E-state index contributed by atoms with van der Waals surface area (Å²) in [4.78, 5) is 6.70. The van der Waals surface area contributed by atoms with Gasteiger partial charge in [-0.15, -0.1) is 0 Å². The lowest BCUT2D eigenvalue weighted by atomic mass is 10.3. The van der Waals surface area contributed by atoms with E-state index in [1.807, 2.05) is 6.20 Å². The van der Waals surface area contributed by atoms with Gasteiger partial charge < -0.3 is 14.4 Å². The Labute approximate surface area is 117 Å². The van der Waals surface area contributed by atoms with E-state index >= 15 is 0 Å². The number of alkyl halides is 1. The first-order valence-corrected chi connectivity index (χ1v) is 7.17. The Morgan fingerprint density at radius 2 is 1.94 bits per heavy atom. The minimum atomic E-state index is 0.703. The standard InChI is InChI=1S/C13H21BrN2O2/c1-17-8-3-6-16(7-9-18-2)13-5-4-12(10-14)11-15-13/h4-5,11H,3,6-10H2,1-2H3. The van der Waals surface area contributed by atoms with E-state index in [0.717, 1.165) is 37.3 Å². The molecule has 0 bridgehead atoms. The average Bonchev–Trinajstić information content (AvgIpc) is 2.43. The Bertz CT molecular complexity index is 319. The van der Waals surface area contributed by atoms with Crippen molar-refractivity contribution >= 4 is 21.7 Å². The smallest absolute Gasteiger partial charge is 0.128 e. The first-order valence-electron chi connectivity index (χ1n) is 6.05. The van der Waals surface area contributed by atoms with Crippen molar-refractivity contribution in [1.82, 2.24) is 4.98 Å². The van der Waals surface area contributed by atoms with E-state index in [1.165, 1.54) is 5.56 Å². The predicted octanol–water partition coefficient (Wildman–Crippen LogP) is 2.47. The van der Waals surface area contributed by atoms with Gasteiger partial charge in [-0.25, -0.2) is 4.98 Å². The Morgan fingerprint density at radius 3 is 2.50 bits per heavy atom. The van der Waals surface area contributed by atoms with Crippen LogP contribution in [0, 0.1) is 0 Å². The van der Waals surface area contributed by atoms with Gasteiger partial charge in [-0.3, -0.25) is 0 Å². The van der Waals surface area contributed by atoms with Crippen LogP contribution in [-0.2, 0) is 14.8 Å². The normalized spacial score (nSPS) is 10.6. The van der Waals surface area contributed by atoms with Crippen molar-refractivity contribution < 1.29 is 9.47 Å². The van der Waals surface area contributed by atoms with Crippen LogP contribution in [0.3, 0.4) is 0 Å². The second-order valence-corrected chi connectivity index (χ2v) is 4.55. The van der Waals surface area contributed by atoms with Gasteiger partial charge in [-0.05, 0) is 18.1 Å². The van der Waals surface area contributed by atoms with Crippen molar-refractivity contribution in [3.05, 3.63) is 23.9 Å². The minimum Gasteiger partial charge on any atom is -0.385 e. The summed E-state index contributed by atoms with van der Waals surface area (Å²) in [6, 6.07) is 4.15. The molecule has 5 heteroatoms. The molecule has 18 heavy (non-hydrogen) atoms. The summed E-state index contributed by atoms with van der Waals surface area (Å²) < 4.78 is 10.2. The largest absolute Gasteiger partial charge is 0.385 e. The lowest BCUT2D eigenvalue weighted by Crippen LogP contribution is -2.29. The van der Waals surface area contributed by atoms with Gasteiger partial charge in [-0.2, -0.15) is 0 Å². The highest BCUT2D eigenvalue weighted by Gasteiger charge is 2.07. The zero-order chi connectivity index (χ0) is 13.2. The number of methoxy groups -OCH3 is 2. The molecular formula is C13H21BrN2O2. The number of ether oxygens (including phenoxy) is 2. The fraction of sp³-hybridized carbons (Fsp3) is 0.615. The molecule has 0 aliphatic heterocycles. The van der Waals surface area contributed by atoms with Crippen LogP contribution >= 0.6 is 15.9 Å². The van der Waals surface area contributed by atoms with Gasteiger partial charge in [0.15, 0.2) is 0 Å². The topological polar surface area (TPSA) is 34.6 Å². The summed E-state index contributed by atoms with van der Waals surface area (Å²) in [7, 11) is 3.44. The lowest BCUT2D eigenvalue weighted by molar-refractivity contribution is 0.191. The van der Waals surface area contributed by atoms with Gasteiger partial charge in [-0.1, -0.05) is 22.0 Å². The van der Waals surface area contributed by atoms with E-state index in [0.29, 0.717) is 6.61 Å². The Kier molecular flexibility index (Phi) is 7.96. The number of halogens is 1. The Balaban J connectivity index is 2.60. The van der Waals surface area contributed by atoms with Crippen LogP contribution in [0.25, 0.3) is 0 Å². The van der Waals surface area contributed by atoms with Crippen molar-refractivity contribution in [1.29, 1.82) is 0 Å². The molecule has 0 N–H and O–H groups in total. The van der Waals surface area contributed by atoms with E-state index in [9.17, 15) is 0 Å². The third kappa shape index (κ3) is 5.33. The molecule has 1 heterocycles. The molecule has 0 unspecified atom stereocenters. The second-order valence-electron chi connectivity index (χ2n) is 3.98. The van der Waals surface area contributed by atoms with Gasteiger partial charge >= 0.3 is 0 Å². The number of rotatable bonds is 9. The molecule has 0 saturated carbocycles. The maximum Gasteiger partial charge on any atom is 0.128 e. The van der Waals surface area contributed by atoms with Crippen LogP contribution in [0.15, 0.2) is 18.3 Å². The summed E-state index contributed by atoms with van der Waals surface area (Å²) in [5.41, 5.74) is 1.18. The molecule has 0 aromatic carbocycles. The molecule has 0 spiro atoms. The van der Waals surface area contributed by atoms with Crippen LogP contribution in [0.4, 0.5) is 5.82 Å². The number of hydrogen-bond acceptors (Lipinski definition) is 4. The molecule has 0 fully saturated rings. The number of hydrogen-bond donors (Lipinski definition) is 0. The van der Waals surface area contributed by atoms with Gasteiger partial charge in [0, 0.05) is 45.4 Å². The van der Waals surface area contributed by atoms with E-state index in [4.69, 9.17) is 9.47 Å². The van der Waals surface area contributed by atoms with E-state index < -0.39 is 0 Å². The monoisotopic (exact) mass is 316 g/mol. The molecule has 1 rings (SSSR count). The molecule has 102 valence electrons. The molecule has 0 aliphatic carbocycles. The first-order chi connectivity index (χ1) is 8.81. The molecule has 0 atom stereocenters. The highest BCUT2D eigenvalue weighted by molar-refractivity contribution is 9.08. The summed E-state index contributed by atoms with van der Waals surface area (Å²) in [5, 5.41) is 0.835. The van der Waals surface area contributed by atoms with Gasteiger partial charge in [0.25, 0.3) is 0 Å². The quantitative estimate of drug-likeness (QED) is 0.518. The zero-order valence-corrected chi connectivity index (χ0v) is 12.6. The summed E-state index contributed by atoms with van der Waals surface area (Å²) >= 11 is 3.42. The SMILES string of the molecule is COCCCN(CCOC)c1ccc(CBr)cn1. The van der Waals surface area contributed by atoms with Crippen LogP contribution in [-0.4, -0.2) is 45.5 Å². The molecule has 0 amide bonds. The predicted molar refractivity (Wildman–Crippen MR) is 77.5 cm³/mol. The highest BCUT2D eigenvalue weighted by atomic mass is 79.9. The van der Waals surface area contributed by atoms with Crippen LogP contribution < -0.4 is 4.90 Å². The van der Waals surface area contributed by atoms with Crippen LogP contribution in [0.1, 0.15) is 12.0 Å². The minimum absolute atomic E-state index is 0.703. The third-order valence-electron chi connectivity index (χ3n) is 2.63. The second kappa shape index (κ2) is 9.30. The molecule has 4 nitrogen and oxygen atoms in total. The molecular weight excluding hydrogens is 296 g/mol. The van der Waals surface area contributed by atoms with Crippen molar-refractivity contribution in [3.63, 3.8) is 0 Å². The van der Waals surface area contributed by atoms with Gasteiger partial charge in [0.1, 0.15) is 5.82 Å². The van der Waals surface area contributed by atoms with Crippen LogP contribution in [0.2, 0.25) is 0 Å². The van der Waals surface area contributed by atoms with Gasteiger partial charge in [0.05, 0.1) is 6.61 Å².